The average Bonchev–Trinajstić information content (AvgIpc) is 2.72. The van der Waals surface area contributed by atoms with Crippen LogP contribution in [0.2, 0.25) is 0 Å². The van der Waals surface area contributed by atoms with Gasteiger partial charge in [-0.15, -0.1) is 0 Å². The van der Waals surface area contributed by atoms with E-state index in [9.17, 15) is 0 Å². The lowest BCUT2D eigenvalue weighted by molar-refractivity contribution is 0.543. The van der Waals surface area contributed by atoms with Gasteiger partial charge in [0.05, 0.1) is 11.4 Å². The maximum Gasteiger partial charge on any atom is 0.115 e. The Morgan fingerprint density at radius 3 is 2.68 bits per heavy atom. The van der Waals surface area contributed by atoms with Crippen LogP contribution in [0.3, 0.4) is 0 Å². The number of hydrogen-bond donors (Lipinski definition) is 1. The van der Waals surface area contributed by atoms with E-state index in [4.69, 9.17) is 0 Å². The molecule has 0 unspecified atom stereocenters. The molecule has 0 atom stereocenters. The molecule has 0 amide bonds. The Morgan fingerprint density at radius 2 is 2.05 bits per heavy atom. The highest BCUT2D eigenvalue weighted by molar-refractivity contribution is 5.23. The van der Waals surface area contributed by atoms with Crippen LogP contribution < -0.4 is 5.32 Å². The zero-order valence-electron chi connectivity index (χ0n) is 12.0. The Kier molecular flexibility index (Phi) is 3.95. The molecule has 1 N–H and O–H groups in total. The summed E-state index contributed by atoms with van der Waals surface area (Å²) in [7, 11) is 1.96. The summed E-state index contributed by atoms with van der Waals surface area (Å²) in [4.78, 5) is 8.10. The summed E-state index contributed by atoms with van der Waals surface area (Å²) in [6.45, 7) is 8.08. The molecule has 0 spiro atoms. The van der Waals surface area contributed by atoms with Crippen molar-refractivity contribution in [3.8, 4) is 0 Å². The van der Waals surface area contributed by atoms with Gasteiger partial charge in [0.1, 0.15) is 6.33 Å². The molecule has 19 heavy (non-hydrogen) atoms. The third-order valence-corrected chi connectivity index (χ3v) is 2.88. The van der Waals surface area contributed by atoms with Crippen LogP contribution in [0.4, 0.5) is 0 Å². The van der Waals surface area contributed by atoms with Crippen LogP contribution in [0.25, 0.3) is 0 Å². The second-order valence-corrected chi connectivity index (χ2v) is 5.73. The first kappa shape index (κ1) is 13.7. The summed E-state index contributed by atoms with van der Waals surface area (Å²) >= 11 is 0. The van der Waals surface area contributed by atoms with Gasteiger partial charge in [0, 0.05) is 43.5 Å². The van der Waals surface area contributed by atoms with E-state index in [1.54, 1.807) is 12.5 Å². The van der Waals surface area contributed by atoms with E-state index in [0.29, 0.717) is 0 Å². The number of aryl methyl sites for hydroxylation is 1. The van der Waals surface area contributed by atoms with Crippen LogP contribution in [0.5, 0.6) is 0 Å². The molecular weight excluding hydrogens is 238 g/mol. The number of rotatable bonds is 4. The molecular formula is C14H21N5. The molecule has 5 heteroatoms. The fourth-order valence-electron chi connectivity index (χ4n) is 2.05. The van der Waals surface area contributed by atoms with E-state index in [1.165, 1.54) is 5.56 Å². The molecule has 102 valence electrons. The molecule has 2 aromatic rings. The second kappa shape index (κ2) is 5.48. The fourth-order valence-corrected chi connectivity index (χ4v) is 2.05. The van der Waals surface area contributed by atoms with Crippen molar-refractivity contribution in [2.24, 2.45) is 7.05 Å². The number of nitrogens with zero attached hydrogens (tertiary/aromatic N) is 4. The van der Waals surface area contributed by atoms with Gasteiger partial charge in [0.15, 0.2) is 0 Å². The highest BCUT2D eigenvalue weighted by Crippen LogP contribution is 2.23. The minimum atomic E-state index is 0.0627. The Hall–Kier alpha value is -1.75. The molecule has 2 rings (SSSR count). The molecule has 0 saturated heterocycles. The summed E-state index contributed by atoms with van der Waals surface area (Å²) in [5.41, 5.74) is 3.44. The minimum Gasteiger partial charge on any atom is -0.307 e. The van der Waals surface area contributed by atoms with E-state index in [-0.39, 0.29) is 5.41 Å². The molecule has 0 aliphatic carbocycles. The van der Waals surface area contributed by atoms with Crippen molar-refractivity contribution in [3.05, 3.63) is 41.7 Å². The summed E-state index contributed by atoms with van der Waals surface area (Å²) in [5.74, 6) is 0. The number of nitrogens with one attached hydrogen (secondary N) is 1. The summed E-state index contributed by atoms with van der Waals surface area (Å²) in [6, 6.07) is 1.92. The Morgan fingerprint density at radius 1 is 1.26 bits per heavy atom. The SMILES string of the molecule is Cn1cc(CNCc2ccncn2)c(C(C)(C)C)n1. The van der Waals surface area contributed by atoms with E-state index < -0.39 is 0 Å². The molecule has 5 nitrogen and oxygen atoms in total. The smallest absolute Gasteiger partial charge is 0.115 e. The first-order chi connectivity index (χ1) is 8.97. The van der Waals surface area contributed by atoms with Gasteiger partial charge in [0.25, 0.3) is 0 Å². The van der Waals surface area contributed by atoms with Gasteiger partial charge in [-0.2, -0.15) is 5.10 Å². The first-order valence-electron chi connectivity index (χ1n) is 6.45. The van der Waals surface area contributed by atoms with E-state index in [0.717, 1.165) is 24.5 Å². The molecule has 0 aliphatic rings. The number of hydrogen-bond acceptors (Lipinski definition) is 4. The van der Waals surface area contributed by atoms with Crippen molar-refractivity contribution in [3.63, 3.8) is 0 Å². The minimum absolute atomic E-state index is 0.0627. The standard InChI is InChI=1S/C14H21N5/c1-14(2,3)13-11(9-19(4)18-13)7-16-8-12-5-6-15-10-17-12/h5-6,9-10,16H,7-8H2,1-4H3. The normalized spacial score (nSPS) is 11.8. The highest BCUT2D eigenvalue weighted by Gasteiger charge is 2.21. The Labute approximate surface area is 114 Å². The van der Waals surface area contributed by atoms with Gasteiger partial charge in [-0.1, -0.05) is 20.8 Å². The summed E-state index contributed by atoms with van der Waals surface area (Å²) in [5, 5.41) is 7.96. The van der Waals surface area contributed by atoms with Crippen LogP contribution in [0.1, 0.15) is 37.7 Å². The van der Waals surface area contributed by atoms with Gasteiger partial charge >= 0.3 is 0 Å². The molecule has 0 radical (unpaired) electrons. The third-order valence-electron chi connectivity index (χ3n) is 2.88. The predicted octanol–water partition coefficient (Wildman–Crippen LogP) is 1.80. The van der Waals surface area contributed by atoms with Crippen molar-refractivity contribution in [2.75, 3.05) is 0 Å². The van der Waals surface area contributed by atoms with Crippen molar-refractivity contribution in [1.82, 2.24) is 25.1 Å². The monoisotopic (exact) mass is 259 g/mol. The predicted molar refractivity (Wildman–Crippen MR) is 74.5 cm³/mol. The molecule has 2 heterocycles. The van der Waals surface area contributed by atoms with Crippen LogP contribution in [-0.4, -0.2) is 19.7 Å². The van der Waals surface area contributed by atoms with Gasteiger partial charge in [0.2, 0.25) is 0 Å². The molecule has 0 aliphatic heterocycles. The zero-order chi connectivity index (χ0) is 13.9. The van der Waals surface area contributed by atoms with Crippen LogP contribution in [-0.2, 0) is 25.6 Å². The van der Waals surface area contributed by atoms with Crippen LogP contribution >= 0.6 is 0 Å². The first-order valence-corrected chi connectivity index (χ1v) is 6.45. The lowest BCUT2D eigenvalue weighted by Gasteiger charge is -2.17. The van der Waals surface area contributed by atoms with Gasteiger partial charge in [-0.25, -0.2) is 9.97 Å². The summed E-state index contributed by atoms with van der Waals surface area (Å²) in [6.07, 6.45) is 5.41. The van der Waals surface area contributed by atoms with Crippen molar-refractivity contribution in [1.29, 1.82) is 0 Å². The van der Waals surface area contributed by atoms with E-state index in [1.807, 2.05) is 17.8 Å². The maximum absolute atomic E-state index is 4.56. The Balaban J connectivity index is 2.00. The zero-order valence-corrected chi connectivity index (χ0v) is 12.0. The molecule has 0 saturated carbocycles. The maximum atomic E-state index is 4.56. The highest BCUT2D eigenvalue weighted by atomic mass is 15.3. The Bertz CT molecular complexity index is 525. The quantitative estimate of drug-likeness (QED) is 0.909. The summed E-state index contributed by atoms with van der Waals surface area (Å²) < 4.78 is 1.88. The topological polar surface area (TPSA) is 55.6 Å². The lowest BCUT2D eigenvalue weighted by Crippen LogP contribution is -2.19. The number of aromatic nitrogens is 4. The van der Waals surface area contributed by atoms with Crippen LogP contribution in [0.15, 0.2) is 24.8 Å². The van der Waals surface area contributed by atoms with E-state index >= 15 is 0 Å². The van der Waals surface area contributed by atoms with Gasteiger partial charge in [-0.3, -0.25) is 4.68 Å². The molecule has 0 aromatic carbocycles. The van der Waals surface area contributed by atoms with Crippen molar-refractivity contribution >= 4 is 0 Å². The van der Waals surface area contributed by atoms with Gasteiger partial charge in [-0.05, 0) is 6.07 Å². The third kappa shape index (κ3) is 3.61. The van der Waals surface area contributed by atoms with Crippen molar-refractivity contribution < 1.29 is 0 Å². The van der Waals surface area contributed by atoms with Gasteiger partial charge < -0.3 is 5.32 Å². The molecule has 0 bridgehead atoms. The van der Waals surface area contributed by atoms with Crippen molar-refractivity contribution in [2.45, 2.75) is 39.3 Å². The molecule has 2 aromatic heterocycles. The van der Waals surface area contributed by atoms with E-state index in [2.05, 4.69) is 47.4 Å². The molecule has 0 fully saturated rings. The van der Waals surface area contributed by atoms with Crippen LogP contribution in [0, 0.1) is 0 Å². The fraction of sp³-hybridized carbons (Fsp3) is 0.500. The average molecular weight is 259 g/mol. The largest absolute Gasteiger partial charge is 0.307 e. The lowest BCUT2D eigenvalue weighted by atomic mass is 9.89. The second-order valence-electron chi connectivity index (χ2n) is 5.73.